The van der Waals surface area contributed by atoms with Crippen molar-refractivity contribution in [2.45, 2.75) is 39.8 Å². The zero-order valence-electron chi connectivity index (χ0n) is 13.8. The predicted octanol–water partition coefficient (Wildman–Crippen LogP) is 2.97. The second-order valence-electron chi connectivity index (χ2n) is 7.21. The third-order valence-electron chi connectivity index (χ3n) is 4.29. The fraction of sp³-hybridized carbons (Fsp3) is 0.647. The Hall–Kier alpha value is -1.22. The first-order valence-corrected chi connectivity index (χ1v) is 7.57. The number of hydrogen-bond acceptors (Lipinski definition) is 3. The molecule has 1 aliphatic rings. The van der Waals surface area contributed by atoms with Gasteiger partial charge in [-0.25, -0.2) is 0 Å². The van der Waals surface area contributed by atoms with Crippen molar-refractivity contribution in [3.05, 3.63) is 24.3 Å². The molecule has 1 aromatic carbocycles. The topological polar surface area (TPSA) is 18.5 Å². The standard InChI is InChI=1S/C17H29N3/c1-13-11-18-16(17(2,3)4)12-20(13)15-10-8-7-9-14(15)19(5)6/h7-10,13,16,18H,11-12H2,1-6H3. The summed E-state index contributed by atoms with van der Waals surface area (Å²) in [6.45, 7) is 11.4. The van der Waals surface area contributed by atoms with Crippen molar-refractivity contribution in [3.8, 4) is 0 Å². The Balaban J connectivity index is 2.30. The molecule has 1 N–H and O–H groups in total. The van der Waals surface area contributed by atoms with Gasteiger partial charge in [0.2, 0.25) is 0 Å². The van der Waals surface area contributed by atoms with Crippen molar-refractivity contribution < 1.29 is 0 Å². The quantitative estimate of drug-likeness (QED) is 0.895. The van der Waals surface area contributed by atoms with Crippen LogP contribution in [0.25, 0.3) is 0 Å². The van der Waals surface area contributed by atoms with E-state index in [1.54, 1.807) is 0 Å². The zero-order valence-corrected chi connectivity index (χ0v) is 13.8. The third-order valence-corrected chi connectivity index (χ3v) is 4.29. The van der Waals surface area contributed by atoms with Gasteiger partial charge in [-0.05, 0) is 24.5 Å². The minimum absolute atomic E-state index is 0.283. The van der Waals surface area contributed by atoms with Crippen LogP contribution in [0.15, 0.2) is 24.3 Å². The van der Waals surface area contributed by atoms with E-state index in [9.17, 15) is 0 Å². The van der Waals surface area contributed by atoms with Crippen LogP contribution in [0.2, 0.25) is 0 Å². The number of anilines is 2. The molecule has 1 saturated heterocycles. The first-order chi connectivity index (χ1) is 9.30. The second kappa shape index (κ2) is 5.65. The first-order valence-electron chi connectivity index (χ1n) is 7.57. The summed E-state index contributed by atoms with van der Waals surface area (Å²) in [5, 5.41) is 3.70. The van der Waals surface area contributed by atoms with E-state index in [0.29, 0.717) is 12.1 Å². The van der Waals surface area contributed by atoms with Crippen molar-refractivity contribution in [2.24, 2.45) is 5.41 Å². The smallest absolute Gasteiger partial charge is 0.0607 e. The van der Waals surface area contributed by atoms with Crippen LogP contribution >= 0.6 is 0 Å². The van der Waals surface area contributed by atoms with Gasteiger partial charge in [0.25, 0.3) is 0 Å². The molecule has 0 aliphatic carbocycles. The Bertz CT molecular complexity index is 448. The summed E-state index contributed by atoms with van der Waals surface area (Å²) in [5.41, 5.74) is 2.93. The van der Waals surface area contributed by atoms with Gasteiger partial charge in [0.15, 0.2) is 0 Å². The molecule has 3 heteroatoms. The number of hydrogen-bond donors (Lipinski definition) is 1. The van der Waals surface area contributed by atoms with Crippen LogP contribution in [0.3, 0.4) is 0 Å². The molecule has 1 fully saturated rings. The van der Waals surface area contributed by atoms with E-state index in [1.165, 1.54) is 11.4 Å². The molecule has 2 rings (SSSR count). The monoisotopic (exact) mass is 275 g/mol. The van der Waals surface area contributed by atoms with Gasteiger partial charge < -0.3 is 15.1 Å². The summed E-state index contributed by atoms with van der Waals surface area (Å²) in [6.07, 6.45) is 0. The lowest BCUT2D eigenvalue weighted by Gasteiger charge is -2.46. The summed E-state index contributed by atoms with van der Waals surface area (Å²) in [7, 11) is 4.24. The lowest BCUT2D eigenvalue weighted by molar-refractivity contribution is 0.239. The number of para-hydroxylation sites is 2. The van der Waals surface area contributed by atoms with Gasteiger partial charge in [0.1, 0.15) is 0 Å². The molecule has 112 valence electrons. The van der Waals surface area contributed by atoms with E-state index in [-0.39, 0.29) is 5.41 Å². The van der Waals surface area contributed by atoms with Crippen molar-refractivity contribution in [3.63, 3.8) is 0 Å². The highest BCUT2D eigenvalue weighted by atomic mass is 15.3. The first kappa shape index (κ1) is 15.2. The van der Waals surface area contributed by atoms with Gasteiger partial charge >= 0.3 is 0 Å². The molecule has 0 bridgehead atoms. The molecule has 0 saturated carbocycles. The van der Waals surface area contributed by atoms with E-state index in [0.717, 1.165) is 13.1 Å². The number of nitrogens with one attached hydrogen (secondary N) is 1. The predicted molar refractivity (Wildman–Crippen MR) is 88.8 cm³/mol. The van der Waals surface area contributed by atoms with Crippen LogP contribution in [0, 0.1) is 5.41 Å². The van der Waals surface area contributed by atoms with Crippen molar-refractivity contribution in [2.75, 3.05) is 37.0 Å². The largest absolute Gasteiger partial charge is 0.376 e. The SMILES string of the molecule is CC1CNC(C(C)(C)C)CN1c1ccccc1N(C)C. The molecule has 1 heterocycles. The van der Waals surface area contributed by atoms with Crippen molar-refractivity contribution in [1.29, 1.82) is 0 Å². The second-order valence-corrected chi connectivity index (χ2v) is 7.21. The Morgan fingerprint density at radius 1 is 1.20 bits per heavy atom. The highest BCUT2D eigenvalue weighted by molar-refractivity contribution is 5.71. The molecular weight excluding hydrogens is 246 g/mol. The van der Waals surface area contributed by atoms with Gasteiger partial charge in [-0.1, -0.05) is 32.9 Å². The Morgan fingerprint density at radius 2 is 1.85 bits per heavy atom. The lowest BCUT2D eigenvalue weighted by Crippen LogP contribution is -2.59. The van der Waals surface area contributed by atoms with Crippen LogP contribution in [-0.2, 0) is 0 Å². The van der Waals surface area contributed by atoms with E-state index in [4.69, 9.17) is 0 Å². The molecule has 0 aromatic heterocycles. The minimum Gasteiger partial charge on any atom is -0.376 e. The van der Waals surface area contributed by atoms with E-state index in [2.05, 4.69) is 81.2 Å². The van der Waals surface area contributed by atoms with Crippen molar-refractivity contribution in [1.82, 2.24) is 5.32 Å². The Morgan fingerprint density at radius 3 is 2.45 bits per heavy atom. The minimum atomic E-state index is 0.283. The third kappa shape index (κ3) is 3.09. The highest BCUT2D eigenvalue weighted by Crippen LogP contribution is 2.32. The number of benzene rings is 1. The molecule has 20 heavy (non-hydrogen) atoms. The van der Waals surface area contributed by atoms with Gasteiger partial charge in [-0.3, -0.25) is 0 Å². The molecule has 0 spiro atoms. The fourth-order valence-electron chi connectivity index (χ4n) is 2.87. The number of rotatable bonds is 2. The van der Waals surface area contributed by atoms with Crippen LogP contribution in [0.4, 0.5) is 11.4 Å². The van der Waals surface area contributed by atoms with Crippen LogP contribution in [-0.4, -0.2) is 39.3 Å². The Labute approximate surface area is 124 Å². The van der Waals surface area contributed by atoms with Gasteiger partial charge in [0, 0.05) is 39.3 Å². The summed E-state index contributed by atoms with van der Waals surface area (Å²) < 4.78 is 0. The average Bonchev–Trinajstić information content (AvgIpc) is 2.38. The Kier molecular flexibility index (Phi) is 4.28. The maximum Gasteiger partial charge on any atom is 0.0607 e. The maximum atomic E-state index is 3.70. The van der Waals surface area contributed by atoms with E-state index in [1.807, 2.05) is 0 Å². The molecule has 1 aromatic rings. The van der Waals surface area contributed by atoms with Gasteiger partial charge in [-0.15, -0.1) is 0 Å². The number of nitrogens with zero attached hydrogens (tertiary/aromatic N) is 2. The molecule has 1 aliphatic heterocycles. The average molecular weight is 275 g/mol. The molecule has 2 atom stereocenters. The summed E-state index contributed by atoms with van der Waals surface area (Å²) in [5.74, 6) is 0. The highest BCUT2D eigenvalue weighted by Gasteiger charge is 2.33. The van der Waals surface area contributed by atoms with Gasteiger partial charge in [-0.2, -0.15) is 0 Å². The van der Waals surface area contributed by atoms with E-state index >= 15 is 0 Å². The fourth-order valence-corrected chi connectivity index (χ4v) is 2.87. The molecule has 2 unspecified atom stereocenters. The molecule has 3 nitrogen and oxygen atoms in total. The summed E-state index contributed by atoms with van der Waals surface area (Å²) in [4.78, 5) is 4.76. The molecule has 0 amide bonds. The lowest BCUT2D eigenvalue weighted by atomic mass is 9.84. The maximum absolute atomic E-state index is 3.70. The van der Waals surface area contributed by atoms with Crippen LogP contribution in [0.5, 0.6) is 0 Å². The normalized spacial score (nSPS) is 23.8. The van der Waals surface area contributed by atoms with E-state index < -0.39 is 0 Å². The van der Waals surface area contributed by atoms with Crippen molar-refractivity contribution >= 4 is 11.4 Å². The molecule has 0 radical (unpaired) electrons. The summed E-state index contributed by atoms with van der Waals surface area (Å²) in [6, 6.07) is 9.76. The molecular formula is C17H29N3. The summed E-state index contributed by atoms with van der Waals surface area (Å²) >= 11 is 0. The van der Waals surface area contributed by atoms with Crippen LogP contribution in [0.1, 0.15) is 27.7 Å². The number of piperazine rings is 1. The van der Waals surface area contributed by atoms with Gasteiger partial charge in [0.05, 0.1) is 11.4 Å². The van der Waals surface area contributed by atoms with Crippen LogP contribution < -0.4 is 15.1 Å². The zero-order chi connectivity index (χ0) is 14.9.